The molecule has 1 N–H and O–H groups in total. The molecule has 2 rings (SSSR count). The van der Waals surface area contributed by atoms with E-state index < -0.39 is 0 Å². The molecule has 18 heavy (non-hydrogen) atoms. The van der Waals surface area contributed by atoms with Gasteiger partial charge in [0.2, 0.25) is 5.91 Å². The molecule has 1 aromatic rings. The number of likely N-dealkylation sites (tertiary alicyclic amines) is 1. The van der Waals surface area contributed by atoms with Crippen molar-refractivity contribution in [2.45, 2.75) is 38.6 Å². The third-order valence-corrected chi connectivity index (χ3v) is 4.46. The number of nitrogens with one attached hydrogen (secondary N) is 1. The number of carbonyl (C=O) groups excluding carboxylic acids is 1. The summed E-state index contributed by atoms with van der Waals surface area (Å²) in [7, 11) is 1.96. The van der Waals surface area contributed by atoms with Crippen molar-refractivity contribution in [1.82, 2.24) is 15.2 Å². The van der Waals surface area contributed by atoms with Gasteiger partial charge in [-0.3, -0.25) is 4.79 Å². The van der Waals surface area contributed by atoms with Crippen LogP contribution in [-0.4, -0.2) is 42.0 Å². The van der Waals surface area contributed by atoms with Gasteiger partial charge in [0.05, 0.1) is 17.1 Å². The predicted molar refractivity (Wildman–Crippen MR) is 73.9 cm³/mol. The van der Waals surface area contributed by atoms with E-state index >= 15 is 0 Å². The van der Waals surface area contributed by atoms with Crippen molar-refractivity contribution in [3.8, 4) is 0 Å². The highest BCUT2D eigenvalue weighted by molar-refractivity contribution is 7.09. The molecule has 5 heteroatoms. The first-order valence-electron chi connectivity index (χ1n) is 6.61. The van der Waals surface area contributed by atoms with Gasteiger partial charge in [0, 0.05) is 24.5 Å². The van der Waals surface area contributed by atoms with Gasteiger partial charge in [0.1, 0.15) is 0 Å². The second-order valence-electron chi connectivity index (χ2n) is 4.73. The van der Waals surface area contributed by atoms with Crippen molar-refractivity contribution in [2.75, 3.05) is 20.1 Å². The average molecular weight is 267 g/mol. The fraction of sp³-hybridized carbons (Fsp3) is 0.692. The summed E-state index contributed by atoms with van der Waals surface area (Å²) in [4.78, 5) is 18.6. The summed E-state index contributed by atoms with van der Waals surface area (Å²) in [5.41, 5.74) is 0.924. The van der Waals surface area contributed by atoms with Crippen LogP contribution in [0.3, 0.4) is 0 Å². The Balaban J connectivity index is 1.90. The highest BCUT2D eigenvalue weighted by Gasteiger charge is 2.22. The zero-order chi connectivity index (χ0) is 13.0. The molecular formula is C13H21N3OS. The van der Waals surface area contributed by atoms with Gasteiger partial charge in [-0.2, -0.15) is 0 Å². The van der Waals surface area contributed by atoms with Gasteiger partial charge in [0.25, 0.3) is 0 Å². The molecule has 1 unspecified atom stereocenters. The summed E-state index contributed by atoms with van der Waals surface area (Å²) >= 11 is 1.65. The van der Waals surface area contributed by atoms with Gasteiger partial charge in [-0.15, -0.1) is 11.3 Å². The van der Waals surface area contributed by atoms with E-state index in [2.05, 4.69) is 17.2 Å². The first-order valence-corrected chi connectivity index (χ1v) is 7.49. The smallest absolute Gasteiger partial charge is 0.228 e. The van der Waals surface area contributed by atoms with Crippen LogP contribution in [0.2, 0.25) is 0 Å². The summed E-state index contributed by atoms with van der Waals surface area (Å²) in [6.45, 7) is 3.81. The monoisotopic (exact) mass is 267 g/mol. The summed E-state index contributed by atoms with van der Waals surface area (Å²) in [5.74, 6) is 0.211. The quantitative estimate of drug-likeness (QED) is 0.898. The Hall–Kier alpha value is -0.940. The number of piperidine rings is 1. The number of amides is 1. The fourth-order valence-corrected chi connectivity index (χ4v) is 3.04. The summed E-state index contributed by atoms with van der Waals surface area (Å²) < 4.78 is 0. The van der Waals surface area contributed by atoms with Gasteiger partial charge in [-0.25, -0.2) is 4.98 Å². The van der Waals surface area contributed by atoms with Crippen LogP contribution >= 0.6 is 11.3 Å². The van der Waals surface area contributed by atoms with E-state index in [0.29, 0.717) is 12.5 Å². The van der Waals surface area contributed by atoms with E-state index in [1.165, 1.54) is 0 Å². The molecule has 4 nitrogen and oxygen atoms in total. The van der Waals surface area contributed by atoms with E-state index in [9.17, 15) is 4.79 Å². The van der Waals surface area contributed by atoms with E-state index in [-0.39, 0.29) is 5.91 Å². The lowest BCUT2D eigenvalue weighted by molar-refractivity contribution is -0.131. The topological polar surface area (TPSA) is 45.2 Å². The van der Waals surface area contributed by atoms with Crippen molar-refractivity contribution in [2.24, 2.45) is 0 Å². The van der Waals surface area contributed by atoms with Gasteiger partial charge in [0.15, 0.2) is 0 Å². The number of aromatic nitrogens is 1. The third-order valence-electron chi connectivity index (χ3n) is 3.42. The standard InChI is InChI=1S/C13H21N3OS/c1-3-12-15-11(9-18-12)7-13(17)16-6-4-5-10(8-16)14-2/h9-10,14H,3-8H2,1-2H3. The second-order valence-corrected chi connectivity index (χ2v) is 5.67. The molecule has 1 fully saturated rings. The number of rotatable bonds is 4. The van der Waals surface area contributed by atoms with Crippen molar-refractivity contribution in [3.05, 3.63) is 16.1 Å². The summed E-state index contributed by atoms with van der Waals surface area (Å²) in [6, 6.07) is 0.448. The maximum absolute atomic E-state index is 12.2. The number of likely N-dealkylation sites (N-methyl/N-ethyl adjacent to an activating group) is 1. The molecule has 0 aromatic carbocycles. The van der Waals surface area contributed by atoms with Crippen LogP contribution in [0, 0.1) is 0 Å². The van der Waals surface area contributed by atoms with Crippen molar-refractivity contribution >= 4 is 17.2 Å². The molecule has 1 amide bonds. The minimum absolute atomic E-state index is 0.211. The van der Waals surface area contributed by atoms with Gasteiger partial charge >= 0.3 is 0 Å². The van der Waals surface area contributed by atoms with Crippen LogP contribution in [-0.2, 0) is 17.6 Å². The molecule has 1 aliphatic heterocycles. The SMILES string of the molecule is CCc1nc(CC(=O)N2CCCC(NC)C2)cs1. The minimum Gasteiger partial charge on any atom is -0.341 e. The maximum atomic E-state index is 12.2. The van der Waals surface area contributed by atoms with Crippen LogP contribution in [0.25, 0.3) is 0 Å². The Morgan fingerprint density at radius 2 is 2.50 bits per heavy atom. The molecule has 2 heterocycles. The van der Waals surface area contributed by atoms with E-state index in [1.807, 2.05) is 17.3 Å². The third kappa shape index (κ3) is 3.29. The van der Waals surface area contributed by atoms with Gasteiger partial charge in [-0.05, 0) is 26.3 Å². The maximum Gasteiger partial charge on any atom is 0.228 e. The minimum atomic E-state index is 0.211. The number of hydrogen-bond donors (Lipinski definition) is 1. The Kier molecular flexibility index (Phi) is 4.72. The van der Waals surface area contributed by atoms with Crippen molar-refractivity contribution < 1.29 is 4.79 Å². The lowest BCUT2D eigenvalue weighted by Gasteiger charge is -2.32. The predicted octanol–water partition coefficient (Wildman–Crippen LogP) is 1.46. The van der Waals surface area contributed by atoms with Crippen LogP contribution < -0.4 is 5.32 Å². The molecule has 1 saturated heterocycles. The molecular weight excluding hydrogens is 246 g/mol. The average Bonchev–Trinajstić information content (AvgIpc) is 2.86. The zero-order valence-corrected chi connectivity index (χ0v) is 11.9. The molecule has 0 saturated carbocycles. The number of carbonyl (C=O) groups is 1. The Morgan fingerprint density at radius 1 is 1.67 bits per heavy atom. The van der Waals surface area contributed by atoms with Crippen molar-refractivity contribution in [3.63, 3.8) is 0 Å². The number of thiazole rings is 1. The highest BCUT2D eigenvalue weighted by Crippen LogP contribution is 2.14. The molecule has 1 aliphatic rings. The van der Waals surface area contributed by atoms with Gasteiger partial charge < -0.3 is 10.2 Å². The summed E-state index contributed by atoms with van der Waals surface area (Å²) in [5, 5.41) is 6.38. The molecule has 1 aromatic heterocycles. The normalized spacial score (nSPS) is 20.1. The first kappa shape index (κ1) is 13.5. The molecule has 0 radical (unpaired) electrons. The zero-order valence-electron chi connectivity index (χ0n) is 11.1. The Morgan fingerprint density at radius 3 is 3.17 bits per heavy atom. The van der Waals surface area contributed by atoms with E-state index in [4.69, 9.17) is 0 Å². The molecule has 0 bridgehead atoms. The molecule has 1 atom stereocenters. The van der Waals surface area contributed by atoms with E-state index in [1.54, 1.807) is 11.3 Å². The highest BCUT2D eigenvalue weighted by atomic mass is 32.1. The molecule has 100 valence electrons. The van der Waals surface area contributed by atoms with Crippen LogP contribution in [0.1, 0.15) is 30.5 Å². The lowest BCUT2D eigenvalue weighted by atomic mass is 10.1. The first-order chi connectivity index (χ1) is 8.72. The van der Waals surface area contributed by atoms with Crippen LogP contribution in [0.4, 0.5) is 0 Å². The summed E-state index contributed by atoms with van der Waals surface area (Å²) in [6.07, 6.45) is 3.66. The lowest BCUT2D eigenvalue weighted by Crippen LogP contribution is -2.47. The number of nitrogens with zero attached hydrogens (tertiary/aromatic N) is 2. The van der Waals surface area contributed by atoms with Crippen LogP contribution in [0.5, 0.6) is 0 Å². The van der Waals surface area contributed by atoms with Gasteiger partial charge in [-0.1, -0.05) is 6.92 Å². The molecule has 0 aliphatic carbocycles. The Bertz CT molecular complexity index is 405. The Labute approximate surface area is 112 Å². The second kappa shape index (κ2) is 6.29. The van der Waals surface area contributed by atoms with Crippen molar-refractivity contribution in [1.29, 1.82) is 0 Å². The number of aryl methyl sites for hydroxylation is 1. The molecule has 0 spiro atoms. The van der Waals surface area contributed by atoms with Crippen LogP contribution in [0.15, 0.2) is 5.38 Å². The van der Waals surface area contributed by atoms with E-state index in [0.717, 1.165) is 43.1 Å². The number of hydrogen-bond acceptors (Lipinski definition) is 4. The largest absolute Gasteiger partial charge is 0.341 e. The fourth-order valence-electron chi connectivity index (χ4n) is 2.30.